The van der Waals surface area contributed by atoms with Gasteiger partial charge in [0.05, 0.1) is 10.3 Å². The van der Waals surface area contributed by atoms with Crippen molar-refractivity contribution in [1.29, 1.82) is 0 Å². The number of aryl methyl sites for hydroxylation is 1. The zero-order chi connectivity index (χ0) is 16.8. The van der Waals surface area contributed by atoms with Gasteiger partial charge < -0.3 is 9.84 Å². The Morgan fingerprint density at radius 3 is 2.62 bits per heavy atom. The Hall–Kier alpha value is -1.82. The highest BCUT2D eigenvalue weighted by molar-refractivity contribution is 7.83. The smallest absolute Gasteiger partial charge is 0.119 e. The van der Waals surface area contributed by atoms with Crippen molar-refractivity contribution >= 4 is 24.0 Å². The maximum Gasteiger partial charge on any atom is 0.119 e. The van der Waals surface area contributed by atoms with Crippen LogP contribution in [0.2, 0.25) is 0 Å². The van der Waals surface area contributed by atoms with Crippen molar-refractivity contribution < 1.29 is 9.84 Å². The minimum Gasteiger partial charge on any atom is -0.491 e. The molecular formula is C19H19NO2S2. The van der Waals surface area contributed by atoms with E-state index in [2.05, 4.69) is 23.7 Å². The number of hydrogen-bond donors (Lipinski definition) is 2. The Bertz CT molecular complexity index is 757. The number of ether oxygens (including phenoxy) is 1. The van der Waals surface area contributed by atoms with Gasteiger partial charge in [0.2, 0.25) is 0 Å². The number of aliphatic hydroxyl groups is 1. The van der Waals surface area contributed by atoms with E-state index in [0.717, 1.165) is 27.5 Å². The van der Waals surface area contributed by atoms with Crippen molar-refractivity contribution in [3.63, 3.8) is 0 Å². The summed E-state index contributed by atoms with van der Waals surface area (Å²) >= 11 is 5.99. The van der Waals surface area contributed by atoms with Gasteiger partial charge in [0.25, 0.3) is 0 Å². The molecule has 5 heteroatoms. The second-order valence-corrected chi connectivity index (χ2v) is 7.40. The standard InChI is InChI=1S/C19H19NO2S2/c21-16(6-3-14-2-1-11-20-12-14)13-22-17-7-4-15(5-8-17)18-9-10-19(23)24-18/h1-2,4-5,7-12,16,21,23H,3,6,13H2. The van der Waals surface area contributed by atoms with Crippen LogP contribution in [0.3, 0.4) is 0 Å². The Balaban J connectivity index is 1.47. The van der Waals surface area contributed by atoms with Gasteiger partial charge in [-0.15, -0.1) is 24.0 Å². The summed E-state index contributed by atoms with van der Waals surface area (Å²) in [6, 6.07) is 15.9. The summed E-state index contributed by atoms with van der Waals surface area (Å²) in [4.78, 5) is 5.26. The topological polar surface area (TPSA) is 42.4 Å². The van der Waals surface area contributed by atoms with E-state index in [4.69, 9.17) is 4.74 Å². The van der Waals surface area contributed by atoms with Crippen molar-refractivity contribution in [3.8, 4) is 16.2 Å². The summed E-state index contributed by atoms with van der Waals surface area (Å²) in [5.41, 5.74) is 2.27. The lowest BCUT2D eigenvalue weighted by Crippen LogP contribution is -2.18. The normalized spacial score (nSPS) is 12.1. The molecule has 1 N–H and O–H groups in total. The molecule has 0 bridgehead atoms. The summed E-state index contributed by atoms with van der Waals surface area (Å²) in [7, 11) is 0. The van der Waals surface area contributed by atoms with E-state index >= 15 is 0 Å². The zero-order valence-corrected chi connectivity index (χ0v) is 14.8. The minimum absolute atomic E-state index is 0.291. The molecule has 0 radical (unpaired) electrons. The van der Waals surface area contributed by atoms with E-state index in [1.54, 1.807) is 17.5 Å². The maximum atomic E-state index is 10.1. The molecule has 0 aliphatic heterocycles. The SMILES string of the molecule is OC(CCc1cccnc1)COc1ccc(-c2ccc(S)s2)cc1. The van der Waals surface area contributed by atoms with Gasteiger partial charge in [-0.05, 0) is 66.4 Å². The van der Waals surface area contributed by atoms with Gasteiger partial charge in [0.15, 0.2) is 0 Å². The molecule has 3 rings (SSSR count). The minimum atomic E-state index is -0.492. The van der Waals surface area contributed by atoms with Crippen LogP contribution >= 0.6 is 24.0 Å². The lowest BCUT2D eigenvalue weighted by atomic mass is 10.1. The van der Waals surface area contributed by atoms with Crippen LogP contribution in [0.15, 0.2) is 65.1 Å². The van der Waals surface area contributed by atoms with Crippen molar-refractivity contribution in [2.24, 2.45) is 0 Å². The van der Waals surface area contributed by atoms with Crippen LogP contribution in [-0.4, -0.2) is 22.8 Å². The highest BCUT2D eigenvalue weighted by Crippen LogP contribution is 2.30. The molecule has 0 saturated carbocycles. The van der Waals surface area contributed by atoms with Gasteiger partial charge in [0, 0.05) is 17.3 Å². The number of hydrogen-bond acceptors (Lipinski definition) is 5. The predicted octanol–water partition coefficient (Wildman–Crippen LogP) is 4.47. The summed E-state index contributed by atoms with van der Waals surface area (Å²) in [5.74, 6) is 0.766. The molecule has 0 spiro atoms. The molecule has 1 aromatic carbocycles. The first kappa shape index (κ1) is 17.0. The molecule has 0 fully saturated rings. The third kappa shape index (κ3) is 4.84. The number of aromatic nitrogens is 1. The first-order valence-electron chi connectivity index (χ1n) is 7.80. The molecule has 2 aromatic heterocycles. The fraction of sp³-hybridized carbons (Fsp3) is 0.211. The number of aliphatic hydroxyl groups excluding tert-OH is 1. The zero-order valence-electron chi connectivity index (χ0n) is 13.1. The number of thiophene rings is 1. The van der Waals surface area contributed by atoms with E-state index in [1.807, 2.05) is 48.7 Å². The fourth-order valence-electron chi connectivity index (χ4n) is 2.35. The largest absolute Gasteiger partial charge is 0.491 e. The number of pyridine rings is 1. The third-order valence-corrected chi connectivity index (χ3v) is 5.02. The highest BCUT2D eigenvalue weighted by Gasteiger charge is 2.07. The van der Waals surface area contributed by atoms with Crippen molar-refractivity contribution in [1.82, 2.24) is 4.98 Å². The van der Waals surface area contributed by atoms with E-state index < -0.39 is 6.10 Å². The molecule has 2 heterocycles. The second-order valence-electron chi connectivity index (χ2n) is 5.53. The average molecular weight is 358 g/mol. The fourth-order valence-corrected chi connectivity index (χ4v) is 3.47. The predicted molar refractivity (Wildman–Crippen MR) is 101 cm³/mol. The number of rotatable bonds is 7. The molecule has 1 unspecified atom stereocenters. The van der Waals surface area contributed by atoms with Gasteiger partial charge in [-0.2, -0.15) is 0 Å². The molecule has 124 valence electrons. The Morgan fingerprint density at radius 2 is 1.96 bits per heavy atom. The Labute approximate surface area is 151 Å². The first-order chi connectivity index (χ1) is 11.7. The quantitative estimate of drug-likeness (QED) is 0.613. The van der Waals surface area contributed by atoms with Crippen LogP contribution in [0.4, 0.5) is 0 Å². The van der Waals surface area contributed by atoms with Gasteiger partial charge in [-0.25, -0.2) is 0 Å². The van der Waals surface area contributed by atoms with Crippen LogP contribution in [0, 0.1) is 0 Å². The summed E-state index contributed by atoms with van der Waals surface area (Å²) in [6.45, 7) is 0.291. The van der Waals surface area contributed by atoms with Crippen LogP contribution in [0.5, 0.6) is 5.75 Å². The molecule has 0 aliphatic rings. The van der Waals surface area contributed by atoms with Crippen LogP contribution < -0.4 is 4.74 Å². The lowest BCUT2D eigenvalue weighted by Gasteiger charge is -2.12. The highest BCUT2D eigenvalue weighted by atomic mass is 32.2. The Morgan fingerprint density at radius 1 is 1.12 bits per heavy atom. The molecule has 1 atom stereocenters. The van der Waals surface area contributed by atoms with Crippen LogP contribution in [0.25, 0.3) is 10.4 Å². The summed E-state index contributed by atoms with van der Waals surface area (Å²) in [5, 5.41) is 10.1. The van der Waals surface area contributed by atoms with Crippen LogP contribution in [0.1, 0.15) is 12.0 Å². The third-order valence-electron chi connectivity index (χ3n) is 3.66. The lowest BCUT2D eigenvalue weighted by molar-refractivity contribution is 0.100. The van der Waals surface area contributed by atoms with Gasteiger partial charge >= 0.3 is 0 Å². The number of thiol groups is 1. The van der Waals surface area contributed by atoms with Crippen molar-refractivity contribution in [2.75, 3.05) is 6.61 Å². The summed E-state index contributed by atoms with van der Waals surface area (Å²) in [6.07, 6.45) is 4.53. The molecule has 0 saturated heterocycles. The molecule has 0 aliphatic carbocycles. The monoisotopic (exact) mass is 357 g/mol. The average Bonchev–Trinajstić information content (AvgIpc) is 3.06. The summed E-state index contributed by atoms with van der Waals surface area (Å²) < 4.78 is 6.68. The second kappa shape index (κ2) is 8.33. The number of benzene rings is 1. The Kier molecular flexibility index (Phi) is 5.91. The van der Waals surface area contributed by atoms with Crippen molar-refractivity contribution in [3.05, 3.63) is 66.5 Å². The first-order valence-corrected chi connectivity index (χ1v) is 9.06. The van der Waals surface area contributed by atoms with E-state index in [0.29, 0.717) is 13.0 Å². The maximum absolute atomic E-state index is 10.1. The number of nitrogens with zero attached hydrogens (tertiary/aromatic N) is 1. The van der Waals surface area contributed by atoms with Gasteiger partial charge in [0.1, 0.15) is 12.4 Å². The molecule has 0 amide bonds. The molecular weight excluding hydrogens is 338 g/mol. The molecule has 3 aromatic rings. The van der Waals surface area contributed by atoms with E-state index in [9.17, 15) is 5.11 Å². The van der Waals surface area contributed by atoms with Crippen molar-refractivity contribution in [2.45, 2.75) is 23.2 Å². The van der Waals surface area contributed by atoms with Gasteiger partial charge in [-0.1, -0.05) is 6.07 Å². The molecule has 3 nitrogen and oxygen atoms in total. The van der Waals surface area contributed by atoms with E-state index in [-0.39, 0.29) is 0 Å². The molecule has 24 heavy (non-hydrogen) atoms. The van der Waals surface area contributed by atoms with Gasteiger partial charge in [-0.3, -0.25) is 4.98 Å². The van der Waals surface area contributed by atoms with E-state index in [1.165, 1.54) is 4.88 Å². The van der Waals surface area contributed by atoms with Crippen LogP contribution in [-0.2, 0) is 6.42 Å².